The molecule has 4 heteroatoms. The number of ether oxygens (including phenoxy) is 1. The van der Waals surface area contributed by atoms with Crippen molar-refractivity contribution in [2.45, 2.75) is 19.1 Å². The summed E-state index contributed by atoms with van der Waals surface area (Å²) in [6.45, 7) is 3.37. The fraction of sp³-hybridized carbons (Fsp3) is 0.455. The van der Waals surface area contributed by atoms with Gasteiger partial charge in [0.25, 0.3) is 0 Å². The fourth-order valence-corrected chi connectivity index (χ4v) is 1.70. The molecule has 0 bridgehead atoms. The van der Waals surface area contributed by atoms with Crippen LogP contribution >= 0.6 is 0 Å². The lowest BCUT2D eigenvalue weighted by Crippen LogP contribution is -2.38. The molecule has 1 N–H and O–H groups in total. The molecule has 0 radical (unpaired) electrons. The van der Waals surface area contributed by atoms with Crippen molar-refractivity contribution in [3.05, 3.63) is 35.4 Å². The summed E-state index contributed by atoms with van der Waals surface area (Å²) in [6.07, 6.45) is -0.0966. The highest BCUT2D eigenvalue weighted by molar-refractivity contribution is 5.21. The molecule has 0 spiro atoms. The molecule has 1 heterocycles. The Kier molecular flexibility index (Phi) is 2.98. The Morgan fingerprint density at radius 3 is 2.73 bits per heavy atom. The van der Waals surface area contributed by atoms with Gasteiger partial charge in [-0.25, -0.2) is 8.78 Å². The maximum absolute atomic E-state index is 13.0. The average Bonchev–Trinajstić information content (AvgIpc) is 2.22. The highest BCUT2D eigenvalue weighted by Crippen LogP contribution is 2.22. The summed E-state index contributed by atoms with van der Waals surface area (Å²) in [4.78, 5) is 0. The molecule has 15 heavy (non-hydrogen) atoms. The van der Waals surface area contributed by atoms with Crippen molar-refractivity contribution in [1.82, 2.24) is 5.32 Å². The van der Waals surface area contributed by atoms with Gasteiger partial charge >= 0.3 is 0 Å². The van der Waals surface area contributed by atoms with Gasteiger partial charge in [0.1, 0.15) is 0 Å². The van der Waals surface area contributed by atoms with Crippen LogP contribution in [0.3, 0.4) is 0 Å². The Balaban J connectivity index is 2.18. The maximum atomic E-state index is 13.0. The van der Waals surface area contributed by atoms with Crippen molar-refractivity contribution in [2.75, 3.05) is 13.1 Å². The molecule has 1 aromatic rings. The molecule has 1 fully saturated rings. The second-order valence-electron chi connectivity index (χ2n) is 3.77. The van der Waals surface area contributed by atoms with Crippen LogP contribution in [0.4, 0.5) is 8.78 Å². The molecule has 1 aliphatic heterocycles. The lowest BCUT2D eigenvalue weighted by atomic mass is 10.1. The van der Waals surface area contributed by atoms with Crippen LogP contribution < -0.4 is 5.32 Å². The smallest absolute Gasteiger partial charge is 0.159 e. The van der Waals surface area contributed by atoms with Gasteiger partial charge in [-0.1, -0.05) is 6.07 Å². The summed E-state index contributed by atoms with van der Waals surface area (Å²) < 4.78 is 31.3. The molecule has 0 aliphatic carbocycles. The van der Waals surface area contributed by atoms with E-state index in [0.717, 1.165) is 12.6 Å². The Hall–Kier alpha value is -1.00. The molecule has 1 saturated heterocycles. The molecule has 0 saturated carbocycles. The van der Waals surface area contributed by atoms with Gasteiger partial charge in [-0.15, -0.1) is 0 Å². The number of nitrogens with one attached hydrogen (secondary N) is 1. The molecule has 2 rings (SSSR count). The van der Waals surface area contributed by atoms with Crippen molar-refractivity contribution in [1.29, 1.82) is 0 Å². The molecule has 1 aromatic carbocycles. The quantitative estimate of drug-likeness (QED) is 0.770. The van der Waals surface area contributed by atoms with Crippen LogP contribution in [-0.2, 0) is 4.74 Å². The number of morpholine rings is 1. The Bertz CT molecular complexity index is 356. The predicted molar refractivity (Wildman–Crippen MR) is 52.5 cm³/mol. The summed E-state index contributed by atoms with van der Waals surface area (Å²) in [7, 11) is 0. The summed E-state index contributed by atoms with van der Waals surface area (Å²) >= 11 is 0. The largest absolute Gasteiger partial charge is 0.368 e. The summed E-state index contributed by atoms with van der Waals surface area (Å²) in [5.41, 5.74) is 0.674. The molecule has 82 valence electrons. The predicted octanol–water partition coefficient (Wildman–Crippen LogP) is 2.01. The highest BCUT2D eigenvalue weighted by Gasteiger charge is 2.21. The highest BCUT2D eigenvalue weighted by atomic mass is 19.2. The van der Waals surface area contributed by atoms with Gasteiger partial charge in [-0.05, 0) is 24.6 Å². The zero-order valence-corrected chi connectivity index (χ0v) is 8.47. The number of hydrogen-bond donors (Lipinski definition) is 1. The summed E-state index contributed by atoms with van der Waals surface area (Å²) in [5.74, 6) is -1.65. The van der Waals surface area contributed by atoms with Crippen LogP contribution in [-0.4, -0.2) is 19.2 Å². The lowest BCUT2D eigenvalue weighted by molar-refractivity contribution is -0.0288. The summed E-state index contributed by atoms with van der Waals surface area (Å²) in [5, 5.41) is 3.18. The van der Waals surface area contributed by atoms with Gasteiger partial charge in [0, 0.05) is 13.1 Å². The normalized spacial score (nSPS) is 26.6. The first-order chi connectivity index (χ1) is 7.16. The van der Waals surface area contributed by atoms with Crippen molar-refractivity contribution >= 4 is 0 Å². The average molecular weight is 213 g/mol. The molecule has 1 aliphatic rings. The first kappa shape index (κ1) is 10.5. The van der Waals surface area contributed by atoms with Crippen LogP contribution in [0.2, 0.25) is 0 Å². The van der Waals surface area contributed by atoms with Crippen molar-refractivity contribution in [3.8, 4) is 0 Å². The van der Waals surface area contributed by atoms with Crippen LogP contribution in [0, 0.1) is 11.6 Å². The monoisotopic (exact) mass is 213 g/mol. The standard InChI is InChI=1S/C11H13F2NO/c1-7-5-14-6-11(15-7)8-2-3-9(12)10(13)4-8/h2-4,7,11,14H,5-6H2,1H3. The number of halogens is 2. The van der Waals surface area contributed by atoms with Gasteiger partial charge in [0.05, 0.1) is 12.2 Å². The second-order valence-corrected chi connectivity index (χ2v) is 3.77. The van der Waals surface area contributed by atoms with E-state index in [1.165, 1.54) is 6.07 Å². The van der Waals surface area contributed by atoms with Crippen molar-refractivity contribution < 1.29 is 13.5 Å². The maximum Gasteiger partial charge on any atom is 0.159 e. The molecule has 0 amide bonds. The summed E-state index contributed by atoms with van der Waals surface area (Å²) in [6, 6.07) is 3.88. The Morgan fingerprint density at radius 1 is 1.27 bits per heavy atom. The van der Waals surface area contributed by atoms with Crippen LogP contribution in [0.5, 0.6) is 0 Å². The molecule has 2 atom stereocenters. The van der Waals surface area contributed by atoms with Crippen LogP contribution in [0.25, 0.3) is 0 Å². The van der Waals surface area contributed by atoms with E-state index in [-0.39, 0.29) is 12.2 Å². The molecular weight excluding hydrogens is 200 g/mol. The third kappa shape index (κ3) is 2.33. The minimum absolute atomic E-state index is 0.0943. The van der Waals surface area contributed by atoms with Gasteiger partial charge in [-0.2, -0.15) is 0 Å². The van der Waals surface area contributed by atoms with E-state index in [2.05, 4.69) is 5.32 Å². The van der Waals surface area contributed by atoms with Crippen molar-refractivity contribution in [2.24, 2.45) is 0 Å². The van der Waals surface area contributed by atoms with Gasteiger partial charge in [0.15, 0.2) is 11.6 Å². The van der Waals surface area contributed by atoms with E-state index >= 15 is 0 Å². The zero-order chi connectivity index (χ0) is 10.8. The fourth-order valence-electron chi connectivity index (χ4n) is 1.70. The van der Waals surface area contributed by atoms with Crippen LogP contribution in [0.1, 0.15) is 18.6 Å². The minimum atomic E-state index is -0.825. The van der Waals surface area contributed by atoms with E-state index in [1.54, 1.807) is 6.07 Å². The lowest BCUT2D eigenvalue weighted by Gasteiger charge is -2.29. The van der Waals surface area contributed by atoms with E-state index in [9.17, 15) is 8.78 Å². The number of benzene rings is 1. The zero-order valence-electron chi connectivity index (χ0n) is 8.47. The van der Waals surface area contributed by atoms with Crippen molar-refractivity contribution in [3.63, 3.8) is 0 Å². The Morgan fingerprint density at radius 2 is 2.07 bits per heavy atom. The Labute approximate surface area is 87.2 Å². The SMILES string of the molecule is CC1CNCC(c2ccc(F)c(F)c2)O1. The molecule has 2 nitrogen and oxygen atoms in total. The number of hydrogen-bond acceptors (Lipinski definition) is 2. The molecular formula is C11H13F2NO. The number of rotatable bonds is 1. The van der Waals surface area contributed by atoms with Gasteiger partial charge in [0.2, 0.25) is 0 Å². The third-order valence-electron chi connectivity index (χ3n) is 2.47. The topological polar surface area (TPSA) is 21.3 Å². The van der Waals surface area contributed by atoms with Crippen LogP contribution in [0.15, 0.2) is 18.2 Å². The van der Waals surface area contributed by atoms with Gasteiger partial charge < -0.3 is 10.1 Å². The molecule has 0 aromatic heterocycles. The van der Waals surface area contributed by atoms with Gasteiger partial charge in [-0.3, -0.25) is 0 Å². The second kappa shape index (κ2) is 4.24. The van der Waals surface area contributed by atoms with E-state index in [4.69, 9.17) is 4.74 Å². The first-order valence-corrected chi connectivity index (χ1v) is 4.98. The first-order valence-electron chi connectivity index (χ1n) is 4.98. The minimum Gasteiger partial charge on any atom is -0.368 e. The van der Waals surface area contributed by atoms with E-state index in [0.29, 0.717) is 12.1 Å². The third-order valence-corrected chi connectivity index (χ3v) is 2.47. The van der Waals surface area contributed by atoms with E-state index in [1.807, 2.05) is 6.92 Å². The molecule has 2 unspecified atom stereocenters. The van der Waals surface area contributed by atoms with E-state index < -0.39 is 11.6 Å².